The van der Waals surface area contributed by atoms with Crippen LogP contribution in [0.3, 0.4) is 0 Å². The third kappa shape index (κ3) is 2.71. The van der Waals surface area contributed by atoms with E-state index in [1.165, 1.54) is 38.5 Å². The van der Waals surface area contributed by atoms with Crippen LogP contribution in [0.4, 0.5) is 0 Å². The van der Waals surface area contributed by atoms with Gasteiger partial charge in [0.25, 0.3) is 0 Å². The first-order valence-corrected chi connectivity index (χ1v) is 6.98. The topological polar surface area (TPSA) is 38.1 Å². The van der Waals surface area contributed by atoms with Crippen molar-refractivity contribution in [3.8, 4) is 0 Å². The van der Waals surface area contributed by atoms with E-state index in [1.807, 2.05) is 0 Å². The van der Waals surface area contributed by atoms with Crippen LogP contribution in [0.1, 0.15) is 62.8 Å². The van der Waals surface area contributed by atoms with Crippen molar-refractivity contribution in [2.24, 2.45) is 5.92 Å². The number of hydrogen-bond acceptors (Lipinski definition) is 3. The predicted octanol–water partition coefficient (Wildman–Crippen LogP) is 3.22. The molecule has 0 amide bonds. The summed E-state index contributed by atoms with van der Waals surface area (Å²) in [4.78, 5) is 4.38. The van der Waals surface area contributed by atoms with E-state index in [2.05, 4.69) is 17.2 Å². The molecular formula is C14H22N2O. The summed E-state index contributed by atoms with van der Waals surface area (Å²) >= 11 is 0. The second-order valence-electron chi connectivity index (χ2n) is 5.78. The summed E-state index contributed by atoms with van der Waals surface area (Å²) in [5.41, 5.74) is 1.15. The zero-order valence-corrected chi connectivity index (χ0v) is 10.6. The lowest BCUT2D eigenvalue weighted by Crippen LogP contribution is -2.18. The standard InChI is InChI=1S/C14H22N2O/c1-10-2-4-11(5-3-10)14-13(16-9-17-14)8-15-12-6-7-12/h9-12,15H,2-8H2,1H3. The largest absolute Gasteiger partial charge is 0.448 e. The second-order valence-corrected chi connectivity index (χ2v) is 5.78. The predicted molar refractivity (Wildman–Crippen MR) is 66.7 cm³/mol. The van der Waals surface area contributed by atoms with E-state index in [4.69, 9.17) is 4.42 Å². The van der Waals surface area contributed by atoms with Gasteiger partial charge in [-0.3, -0.25) is 0 Å². The van der Waals surface area contributed by atoms with Gasteiger partial charge in [0.2, 0.25) is 0 Å². The second kappa shape index (κ2) is 4.81. The van der Waals surface area contributed by atoms with Crippen molar-refractivity contribution >= 4 is 0 Å². The summed E-state index contributed by atoms with van der Waals surface area (Å²) in [7, 11) is 0. The Morgan fingerprint density at radius 1 is 1.24 bits per heavy atom. The molecule has 3 heteroatoms. The fourth-order valence-electron chi connectivity index (χ4n) is 2.79. The minimum absolute atomic E-state index is 0.615. The maximum atomic E-state index is 5.64. The first-order valence-electron chi connectivity index (χ1n) is 6.98. The molecule has 2 aliphatic rings. The van der Waals surface area contributed by atoms with Gasteiger partial charge in [-0.25, -0.2) is 4.98 Å². The Hall–Kier alpha value is -0.830. The van der Waals surface area contributed by atoms with Gasteiger partial charge in [0.15, 0.2) is 6.39 Å². The van der Waals surface area contributed by atoms with E-state index >= 15 is 0 Å². The molecule has 1 aromatic heterocycles. The third-order valence-corrected chi connectivity index (χ3v) is 4.19. The Bertz CT molecular complexity index is 362. The smallest absolute Gasteiger partial charge is 0.181 e. The van der Waals surface area contributed by atoms with Gasteiger partial charge in [0.1, 0.15) is 5.76 Å². The van der Waals surface area contributed by atoms with E-state index in [-0.39, 0.29) is 0 Å². The molecule has 0 spiro atoms. The average Bonchev–Trinajstić information content (AvgIpc) is 3.06. The van der Waals surface area contributed by atoms with E-state index in [0.717, 1.165) is 30.0 Å². The van der Waals surface area contributed by atoms with Crippen molar-refractivity contribution in [1.82, 2.24) is 10.3 Å². The minimum Gasteiger partial charge on any atom is -0.448 e. The number of aromatic nitrogens is 1. The van der Waals surface area contributed by atoms with Crippen LogP contribution >= 0.6 is 0 Å². The van der Waals surface area contributed by atoms with E-state index in [0.29, 0.717) is 5.92 Å². The molecule has 3 nitrogen and oxygen atoms in total. The van der Waals surface area contributed by atoms with Crippen LogP contribution in [0.2, 0.25) is 0 Å². The summed E-state index contributed by atoms with van der Waals surface area (Å²) in [6.07, 6.45) is 9.49. The van der Waals surface area contributed by atoms with E-state index in [1.54, 1.807) is 6.39 Å². The van der Waals surface area contributed by atoms with Crippen LogP contribution in [0.25, 0.3) is 0 Å². The van der Waals surface area contributed by atoms with Gasteiger partial charge in [-0.1, -0.05) is 19.8 Å². The van der Waals surface area contributed by atoms with Crippen LogP contribution in [-0.2, 0) is 6.54 Å². The summed E-state index contributed by atoms with van der Waals surface area (Å²) in [6, 6.07) is 0.742. The van der Waals surface area contributed by atoms with Gasteiger partial charge in [0.05, 0.1) is 5.69 Å². The maximum absolute atomic E-state index is 5.64. The molecule has 0 atom stereocenters. The highest BCUT2D eigenvalue weighted by atomic mass is 16.3. The van der Waals surface area contributed by atoms with Gasteiger partial charge in [-0.05, 0) is 31.6 Å². The Balaban J connectivity index is 1.62. The highest BCUT2D eigenvalue weighted by Crippen LogP contribution is 2.36. The average molecular weight is 234 g/mol. The molecule has 1 heterocycles. The molecule has 0 saturated heterocycles. The number of nitrogens with one attached hydrogen (secondary N) is 1. The lowest BCUT2D eigenvalue weighted by atomic mass is 9.81. The van der Waals surface area contributed by atoms with Crippen molar-refractivity contribution in [3.05, 3.63) is 17.8 Å². The van der Waals surface area contributed by atoms with Crippen LogP contribution in [0.5, 0.6) is 0 Å². The molecule has 2 aliphatic carbocycles. The highest BCUT2D eigenvalue weighted by molar-refractivity contribution is 5.13. The first kappa shape index (κ1) is 11.3. The molecular weight excluding hydrogens is 212 g/mol. The third-order valence-electron chi connectivity index (χ3n) is 4.19. The SMILES string of the molecule is CC1CCC(c2ocnc2CNC2CC2)CC1. The molecule has 17 heavy (non-hydrogen) atoms. The van der Waals surface area contributed by atoms with E-state index in [9.17, 15) is 0 Å². The molecule has 0 aliphatic heterocycles. The molecule has 0 bridgehead atoms. The van der Waals surface area contributed by atoms with Crippen molar-refractivity contribution in [3.63, 3.8) is 0 Å². The van der Waals surface area contributed by atoms with Crippen molar-refractivity contribution in [2.75, 3.05) is 0 Å². The maximum Gasteiger partial charge on any atom is 0.181 e. The zero-order valence-electron chi connectivity index (χ0n) is 10.6. The van der Waals surface area contributed by atoms with Gasteiger partial charge < -0.3 is 9.73 Å². The number of rotatable bonds is 4. The van der Waals surface area contributed by atoms with Crippen LogP contribution in [0.15, 0.2) is 10.8 Å². The molecule has 2 saturated carbocycles. The molecule has 1 N–H and O–H groups in total. The molecule has 2 fully saturated rings. The number of nitrogens with zero attached hydrogens (tertiary/aromatic N) is 1. The lowest BCUT2D eigenvalue weighted by molar-refractivity contribution is 0.312. The monoisotopic (exact) mass is 234 g/mol. The Morgan fingerprint density at radius 2 is 2.00 bits per heavy atom. The summed E-state index contributed by atoms with van der Waals surface area (Å²) in [5.74, 6) is 2.66. The summed E-state index contributed by atoms with van der Waals surface area (Å²) < 4.78 is 5.64. The Kier molecular flexibility index (Phi) is 3.19. The molecule has 1 aromatic rings. The van der Waals surface area contributed by atoms with Crippen molar-refractivity contribution < 1.29 is 4.42 Å². The van der Waals surface area contributed by atoms with Crippen LogP contribution < -0.4 is 5.32 Å². The minimum atomic E-state index is 0.615. The molecule has 0 aromatic carbocycles. The van der Waals surface area contributed by atoms with Crippen LogP contribution in [0, 0.1) is 5.92 Å². The molecule has 0 radical (unpaired) electrons. The Labute approximate surface area is 103 Å². The first-order chi connectivity index (χ1) is 8.33. The number of oxazole rings is 1. The molecule has 94 valence electrons. The summed E-state index contributed by atoms with van der Waals surface area (Å²) in [6.45, 7) is 3.24. The van der Waals surface area contributed by atoms with Gasteiger partial charge >= 0.3 is 0 Å². The van der Waals surface area contributed by atoms with Gasteiger partial charge in [-0.15, -0.1) is 0 Å². The number of hydrogen-bond donors (Lipinski definition) is 1. The fourth-order valence-corrected chi connectivity index (χ4v) is 2.79. The lowest BCUT2D eigenvalue weighted by Gasteiger charge is -2.25. The highest BCUT2D eigenvalue weighted by Gasteiger charge is 2.26. The fraction of sp³-hybridized carbons (Fsp3) is 0.786. The van der Waals surface area contributed by atoms with Crippen LogP contribution in [-0.4, -0.2) is 11.0 Å². The Morgan fingerprint density at radius 3 is 2.71 bits per heavy atom. The zero-order chi connectivity index (χ0) is 11.7. The van der Waals surface area contributed by atoms with Gasteiger partial charge in [-0.2, -0.15) is 0 Å². The van der Waals surface area contributed by atoms with Crippen molar-refractivity contribution in [2.45, 2.75) is 64.0 Å². The normalized spacial score (nSPS) is 29.5. The quantitative estimate of drug-likeness (QED) is 0.869. The van der Waals surface area contributed by atoms with E-state index < -0.39 is 0 Å². The molecule has 0 unspecified atom stereocenters. The summed E-state index contributed by atoms with van der Waals surface area (Å²) in [5, 5.41) is 3.52. The molecule has 3 rings (SSSR count). The van der Waals surface area contributed by atoms with Crippen molar-refractivity contribution in [1.29, 1.82) is 0 Å². The van der Waals surface area contributed by atoms with Gasteiger partial charge in [0, 0.05) is 18.5 Å².